The molecule has 1 aliphatic rings. The van der Waals surface area contributed by atoms with Crippen LogP contribution in [0.15, 0.2) is 24.3 Å². The molecule has 0 aromatic heterocycles. The second-order valence-electron chi connectivity index (χ2n) is 5.35. The summed E-state index contributed by atoms with van der Waals surface area (Å²) in [5.74, 6) is -0.0252. The molecule has 2 rings (SSSR count). The molecule has 21 heavy (non-hydrogen) atoms. The molecule has 1 aliphatic heterocycles. The summed E-state index contributed by atoms with van der Waals surface area (Å²) in [5, 5.41) is 18.6. The molecule has 0 aliphatic carbocycles. The number of carbonyl (C=O) groups is 1. The third kappa shape index (κ3) is 4.03. The first-order valence-electron chi connectivity index (χ1n) is 7.34. The predicted molar refractivity (Wildman–Crippen MR) is 79.8 cm³/mol. The van der Waals surface area contributed by atoms with Crippen LogP contribution in [0.25, 0.3) is 0 Å². The van der Waals surface area contributed by atoms with Crippen molar-refractivity contribution >= 4 is 5.91 Å². The first kappa shape index (κ1) is 15.5. The normalized spacial score (nSPS) is 17.3. The van der Waals surface area contributed by atoms with Crippen molar-refractivity contribution in [2.45, 2.75) is 19.4 Å². The minimum atomic E-state index is -0.292. The van der Waals surface area contributed by atoms with Gasteiger partial charge in [0.1, 0.15) is 0 Å². The number of benzene rings is 1. The van der Waals surface area contributed by atoms with Gasteiger partial charge in [0.15, 0.2) is 0 Å². The number of β-amino-alcohol motifs (C(OH)–C–C–N with tert-alkyl or cyclic N) is 1. The van der Waals surface area contributed by atoms with Crippen LogP contribution in [0.1, 0.15) is 29.3 Å². The number of aliphatic hydroxyl groups excluding tert-OH is 1. The number of nitrogens with zero attached hydrogens (tertiary/aromatic N) is 3. The minimum absolute atomic E-state index is 0.0252. The van der Waals surface area contributed by atoms with Gasteiger partial charge in [-0.05, 0) is 24.6 Å². The SMILES string of the molecule is CC[C@@H](O)CN1CCN(C(=O)c2cccc(C#N)c2)CC1. The van der Waals surface area contributed by atoms with Gasteiger partial charge in [0.25, 0.3) is 5.91 Å². The number of nitriles is 1. The summed E-state index contributed by atoms with van der Waals surface area (Å²) in [4.78, 5) is 16.4. The van der Waals surface area contributed by atoms with E-state index in [9.17, 15) is 9.90 Å². The molecular formula is C16H21N3O2. The first-order valence-corrected chi connectivity index (χ1v) is 7.34. The lowest BCUT2D eigenvalue weighted by Gasteiger charge is -2.35. The zero-order valence-corrected chi connectivity index (χ0v) is 12.3. The van der Waals surface area contributed by atoms with E-state index in [0.29, 0.717) is 30.8 Å². The lowest BCUT2D eigenvalue weighted by atomic mass is 10.1. The number of hydrogen-bond acceptors (Lipinski definition) is 4. The molecule has 5 heteroatoms. The van der Waals surface area contributed by atoms with Crippen molar-refractivity contribution in [3.05, 3.63) is 35.4 Å². The van der Waals surface area contributed by atoms with Gasteiger partial charge in [-0.3, -0.25) is 9.69 Å². The molecule has 1 fully saturated rings. The number of hydrogen-bond donors (Lipinski definition) is 1. The summed E-state index contributed by atoms with van der Waals surface area (Å²) in [6, 6.07) is 8.87. The number of carbonyl (C=O) groups excluding carboxylic acids is 1. The third-order valence-electron chi connectivity index (χ3n) is 3.84. The van der Waals surface area contributed by atoms with Gasteiger partial charge in [0.2, 0.25) is 0 Å². The Hall–Kier alpha value is -1.90. The Bertz CT molecular complexity index is 531. The molecule has 0 spiro atoms. The Balaban J connectivity index is 1.92. The smallest absolute Gasteiger partial charge is 0.253 e. The number of piperazine rings is 1. The largest absolute Gasteiger partial charge is 0.392 e. The van der Waals surface area contributed by atoms with E-state index in [1.807, 2.05) is 11.8 Å². The summed E-state index contributed by atoms with van der Waals surface area (Å²) in [5.41, 5.74) is 1.07. The Labute approximate surface area is 125 Å². The lowest BCUT2D eigenvalue weighted by molar-refractivity contribution is 0.0523. The Kier molecular flexibility index (Phi) is 5.32. The predicted octanol–water partition coefficient (Wildman–Crippen LogP) is 1.09. The number of amides is 1. The molecule has 1 atom stereocenters. The van der Waals surface area contributed by atoms with Crippen molar-refractivity contribution in [2.75, 3.05) is 32.7 Å². The van der Waals surface area contributed by atoms with Crippen LogP contribution < -0.4 is 0 Å². The lowest BCUT2D eigenvalue weighted by Crippen LogP contribution is -2.50. The second-order valence-corrected chi connectivity index (χ2v) is 5.35. The molecule has 5 nitrogen and oxygen atoms in total. The number of rotatable bonds is 4. The van der Waals surface area contributed by atoms with E-state index in [1.165, 1.54) is 0 Å². The molecule has 1 heterocycles. The molecule has 1 saturated heterocycles. The van der Waals surface area contributed by atoms with Crippen LogP contribution in [0, 0.1) is 11.3 Å². The Morgan fingerprint density at radius 1 is 1.38 bits per heavy atom. The molecule has 0 radical (unpaired) electrons. The minimum Gasteiger partial charge on any atom is -0.392 e. The van der Waals surface area contributed by atoms with Crippen molar-refractivity contribution in [2.24, 2.45) is 0 Å². The maximum Gasteiger partial charge on any atom is 0.253 e. The molecular weight excluding hydrogens is 266 g/mol. The standard InChI is InChI=1S/C16H21N3O2/c1-2-15(20)12-18-6-8-19(9-7-18)16(21)14-5-3-4-13(10-14)11-17/h3-5,10,15,20H,2,6-9,12H2,1H3/t15-/m1/s1. The van der Waals surface area contributed by atoms with Crippen molar-refractivity contribution in [1.82, 2.24) is 9.80 Å². The van der Waals surface area contributed by atoms with Crippen LogP contribution >= 0.6 is 0 Å². The fourth-order valence-electron chi connectivity index (χ4n) is 2.47. The summed E-state index contributed by atoms with van der Waals surface area (Å²) in [7, 11) is 0. The van der Waals surface area contributed by atoms with Gasteiger partial charge in [0.05, 0.1) is 17.7 Å². The van der Waals surface area contributed by atoms with Gasteiger partial charge < -0.3 is 10.0 Å². The van der Waals surface area contributed by atoms with E-state index >= 15 is 0 Å². The average Bonchev–Trinajstić information content (AvgIpc) is 2.54. The highest BCUT2D eigenvalue weighted by atomic mass is 16.3. The summed E-state index contributed by atoms with van der Waals surface area (Å²) < 4.78 is 0. The fraction of sp³-hybridized carbons (Fsp3) is 0.500. The first-order chi connectivity index (χ1) is 10.1. The van der Waals surface area contributed by atoms with Crippen molar-refractivity contribution < 1.29 is 9.90 Å². The summed E-state index contributed by atoms with van der Waals surface area (Å²) in [6.07, 6.45) is 0.458. The molecule has 1 N–H and O–H groups in total. The third-order valence-corrected chi connectivity index (χ3v) is 3.84. The highest BCUT2D eigenvalue weighted by Crippen LogP contribution is 2.11. The maximum atomic E-state index is 12.4. The fourth-order valence-corrected chi connectivity index (χ4v) is 2.47. The van der Waals surface area contributed by atoms with Crippen LogP contribution in [0.4, 0.5) is 0 Å². The summed E-state index contributed by atoms with van der Waals surface area (Å²) in [6.45, 7) is 5.51. The molecule has 1 aromatic carbocycles. The Morgan fingerprint density at radius 2 is 2.10 bits per heavy atom. The van der Waals surface area contributed by atoms with Gasteiger partial charge in [-0.2, -0.15) is 5.26 Å². The van der Waals surface area contributed by atoms with E-state index in [-0.39, 0.29) is 12.0 Å². The quantitative estimate of drug-likeness (QED) is 0.900. The summed E-state index contributed by atoms with van der Waals surface area (Å²) >= 11 is 0. The number of aliphatic hydroxyl groups is 1. The van der Waals surface area contributed by atoms with Crippen LogP contribution in [0.3, 0.4) is 0 Å². The monoisotopic (exact) mass is 287 g/mol. The average molecular weight is 287 g/mol. The van der Waals surface area contributed by atoms with Gasteiger partial charge in [-0.1, -0.05) is 13.0 Å². The van der Waals surface area contributed by atoms with E-state index in [1.54, 1.807) is 24.3 Å². The van der Waals surface area contributed by atoms with Crippen LogP contribution in [-0.2, 0) is 0 Å². The van der Waals surface area contributed by atoms with Gasteiger partial charge >= 0.3 is 0 Å². The van der Waals surface area contributed by atoms with Crippen LogP contribution in [0.5, 0.6) is 0 Å². The highest BCUT2D eigenvalue weighted by Gasteiger charge is 2.23. The second kappa shape index (κ2) is 7.21. The van der Waals surface area contributed by atoms with Crippen LogP contribution in [-0.4, -0.2) is 59.6 Å². The van der Waals surface area contributed by atoms with E-state index in [4.69, 9.17) is 5.26 Å². The molecule has 1 aromatic rings. The van der Waals surface area contributed by atoms with E-state index < -0.39 is 0 Å². The van der Waals surface area contributed by atoms with Crippen molar-refractivity contribution in [1.29, 1.82) is 5.26 Å². The topological polar surface area (TPSA) is 67.6 Å². The van der Waals surface area contributed by atoms with Gasteiger partial charge in [-0.15, -0.1) is 0 Å². The molecule has 0 unspecified atom stereocenters. The molecule has 112 valence electrons. The molecule has 1 amide bonds. The molecule has 0 saturated carbocycles. The van der Waals surface area contributed by atoms with Crippen molar-refractivity contribution in [3.63, 3.8) is 0 Å². The van der Waals surface area contributed by atoms with Gasteiger partial charge in [0, 0.05) is 38.3 Å². The van der Waals surface area contributed by atoms with Crippen molar-refractivity contribution in [3.8, 4) is 6.07 Å². The molecule has 0 bridgehead atoms. The Morgan fingerprint density at radius 3 is 2.71 bits per heavy atom. The highest BCUT2D eigenvalue weighted by molar-refractivity contribution is 5.94. The van der Waals surface area contributed by atoms with Crippen LogP contribution in [0.2, 0.25) is 0 Å². The van der Waals surface area contributed by atoms with E-state index in [2.05, 4.69) is 11.0 Å². The zero-order chi connectivity index (χ0) is 15.2. The van der Waals surface area contributed by atoms with Gasteiger partial charge in [-0.25, -0.2) is 0 Å². The zero-order valence-electron chi connectivity index (χ0n) is 12.3. The van der Waals surface area contributed by atoms with E-state index in [0.717, 1.165) is 19.5 Å². The maximum absolute atomic E-state index is 12.4.